The first-order chi connectivity index (χ1) is 12.8. The highest BCUT2D eigenvalue weighted by Gasteiger charge is 2.21. The van der Waals surface area contributed by atoms with Gasteiger partial charge in [-0.3, -0.25) is 9.78 Å². The maximum absolute atomic E-state index is 12.8. The number of pyridine rings is 1. The number of nitrogens with one attached hydrogen (secondary N) is 1. The van der Waals surface area contributed by atoms with E-state index in [1.807, 2.05) is 12.1 Å². The molecule has 0 aliphatic heterocycles. The minimum Gasteiger partial charge on any atom is -0.352 e. The molecule has 0 radical (unpaired) electrons. The summed E-state index contributed by atoms with van der Waals surface area (Å²) >= 11 is 0. The molecule has 1 heterocycles. The van der Waals surface area contributed by atoms with Gasteiger partial charge in [0, 0.05) is 38.1 Å². The zero-order valence-corrected chi connectivity index (χ0v) is 16.9. The van der Waals surface area contributed by atoms with Gasteiger partial charge in [-0.05, 0) is 54.7 Å². The van der Waals surface area contributed by atoms with Crippen LogP contribution in [0.25, 0.3) is 0 Å². The Morgan fingerprint density at radius 3 is 2.56 bits per heavy atom. The number of carbonyl (C=O) groups is 1. The Hall–Kier alpha value is -2.25. The van der Waals surface area contributed by atoms with Gasteiger partial charge in [0.2, 0.25) is 10.0 Å². The van der Waals surface area contributed by atoms with E-state index in [1.165, 1.54) is 16.4 Å². The fraction of sp³-hybridized carbons (Fsp3) is 0.400. The molecule has 0 aliphatic rings. The molecule has 2 aromatic rings. The second-order valence-corrected chi connectivity index (χ2v) is 8.94. The van der Waals surface area contributed by atoms with E-state index < -0.39 is 10.0 Å². The maximum Gasteiger partial charge on any atom is 0.251 e. The van der Waals surface area contributed by atoms with Gasteiger partial charge in [0.25, 0.3) is 5.91 Å². The van der Waals surface area contributed by atoms with Crippen LogP contribution in [0.5, 0.6) is 0 Å². The highest BCUT2D eigenvalue weighted by atomic mass is 32.2. The maximum atomic E-state index is 12.8. The largest absolute Gasteiger partial charge is 0.352 e. The number of hydrogen-bond donors (Lipinski definition) is 1. The molecule has 1 aromatic carbocycles. The molecule has 27 heavy (non-hydrogen) atoms. The van der Waals surface area contributed by atoms with Gasteiger partial charge >= 0.3 is 0 Å². The summed E-state index contributed by atoms with van der Waals surface area (Å²) in [6.45, 7) is 5.08. The van der Waals surface area contributed by atoms with E-state index in [9.17, 15) is 13.2 Å². The van der Waals surface area contributed by atoms with E-state index in [1.54, 1.807) is 31.6 Å². The van der Waals surface area contributed by atoms with Crippen LogP contribution in [0.15, 0.2) is 53.7 Å². The molecule has 1 N–H and O–H groups in total. The van der Waals surface area contributed by atoms with Gasteiger partial charge in [-0.2, -0.15) is 0 Å². The molecule has 0 fully saturated rings. The van der Waals surface area contributed by atoms with Gasteiger partial charge in [-0.15, -0.1) is 0 Å². The van der Waals surface area contributed by atoms with Gasteiger partial charge < -0.3 is 5.32 Å². The normalized spacial score (nSPS) is 11.7. The Morgan fingerprint density at radius 1 is 1.19 bits per heavy atom. The minimum atomic E-state index is -3.66. The number of likely N-dealkylation sites (N-methyl/N-ethyl adjacent to an activating group) is 1. The predicted octanol–water partition coefficient (Wildman–Crippen LogP) is 2.72. The predicted molar refractivity (Wildman–Crippen MR) is 106 cm³/mol. The van der Waals surface area contributed by atoms with Crippen molar-refractivity contribution in [3.8, 4) is 0 Å². The lowest BCUT2D eigenvalue weighted by Gasteiger charge is -2.17. The lowest BCUT2D eigenvalue weighted by atomic mass is 10.1. The van der Waals surface area contributed by atoms with E-state index >= 15 is 0 Å². The number of aromatic nitrogens is 1. The molecular formula is C20H27N3O3S. The number of sulfonamides is 1. The quantitative estimate of drug-likeness (QED) is 0.715. The Morgan fingerprint density at radius 2 is 1.89 bits per heavy atom. The highest BCUT2D eigenvalue weighted by Crippen LogP contribution is 2.17. The fourth-order valence-corrected chi connectivity index (χ4v) is 3.73. The van der Waals surface area contributed by atoms with Gasteiger partial charge in [0.1, 0.15) is 0 Å². The molecule has 6 nitrogen and oxygen atoms in total. The van der Waals surface area contributed by atoms with Crippen molar-refractivity contribution in [2.45, 2.75) is 31.6 Å². The summed E-state index contributed by atoms with van der Waals surface area (Å²) in [4.78, 5) is 16.3. The van der Waals surface area contributed by atoms with Crippen molar-refractivity contribution in [1.82, 2.24) is 14.6 Å². The standard InChI is InChI=1S/C20H27N3O3S/c1-16(2)7-13-22-20(24)18-5-4-6-19(15-18)27(25,26)23(3)14-10-17-8-11-21-12-9-17/h4-6,8-9,11-12,15-16H,7,10,13-14H2,1-3H3,(H,22,24). The molecule has 2 rings (SSSR count). The van der Waals surface area contributed by atoms with Crippen LogP contribution in [0, 0.1) is 5.92 Å². The van der Waals surface area contributed by atoms with Crippen molar-refractivity contribution in [3.63, 3.8) is 0 Å². The van der Waals surface area contributed by atoms with Crippen molar-refractivity contribution in [2.75, 3.05) is 20.1 Å². The summed E-state index contributed by atoms with van der Waals surface area (Å²) in [6, 6.07) is 9.90. The number of amides is 1. The number of nitrogens with zero attached hydrogens (tertiary/aromatic N) is 2. The van der Waals surface area contributed by atoms with Gasteiger partial charge in [0.05, 0.1) is 4.90 Å². The Kier molecular flexibility index (Phi) is 7.50. The molecule has 0 atom stereocenters. The average Bonchev–Trinajstić information content (AvgIpc) is 2.66. The first-order valence-electron chi connectivity index (χ1n) is 9.04. The highest BCUT2D eigenvalue weighted by molar-refractivity contribution is 7.89. The van der Waals surface area contributed by atoms with Crippen molar-refractivity contribution in [1.29, 1.82) is 0 Å². The van der Waals surface area contributed by atoms with Crippen LogP contribution in [0.4, 0.5) is 0 Å². The van der Waals surface area contributed by atoms with E-state index in [0.29, 0.717) is 31.0 Å². The average molecular weight is 390 g/mol. The first kappa shape index (κ1) is 21.1. The second-order valence-electron chi connectivity index (χ2n) is 6.90. The van der Waals surface area contributed by atoms with Gasteiger partial charge in [0.15, 0.2) is 0 Å². The van der Waals surface area contributed by atoms with Crippen LogP contribution in [0.1, 0.15) is 36.2 Å². The molecule has 1 amide bonds. The second kappa shape index (κ2) is 9.62. The molecule has 146 valence electrons. The van der Waals surface area contributed by atoms with E-state index in [2.05, 4.69) is 24.1 Å². The molecular weight excluding hydrogens is 362 g/mol. The summed E-state index contributed by atoms with van der Waals surface area (Å²) in [5.41, 5.74) is 1.37. The zero-order chi connectivity index (χ0) is 19.9. The molecule has 0 saturated carbocycles. The Balaban J connectivity index is 2.05. The lowest BCUT2D eigenvalue weighted by molar-refractivity contribution is 0.0952. The van der Waals surface area contributed by atoms with Crippen LogP contribution >= 0.6 is 0 Å². The SMILES string of the molecule is CC(C)CCNC(=O)c1cccc(S(=O)(=O)N(C)CCc2ccncc2)c1. The zero-order valence-electron chi connectivity index (χ0n) is 16.1. The summed E-state index contributed by atoms with van der Waals surface area (Å²) in [5, 5.41) is 2.83. The summed E-state index contributed by atoms with van der Waals surface area (Å²) < 4.78 is 26.9. The molecule has 0 unspecified atom stereocenters. The smallest absolute Gasteiger partial charge is 0.251 e. The fourth-order valence-electron chi connectivity index (χ4n) is 2.51. The van der Waals surface area contributed by atoms with Gasteiger partial charge in [-0.25, -0.2) is 12.7 Å². The van der Waals surface area contributed by atoms with Crippen molar-refractivity contribution >= 4 is 15.9 Å². The van der Waals surface area contributed by atoms with Crippen LogP contribution < -0.4 is 5.32 Å². The van der Waals surface area contributed by atoms with Crippen molar-refractivity contribution < 1.29 is 13.2 Å². The summed E-state index contributed by atoms with van der Waals surface area (Å²) in [6.07, 6.45) is 4.84. The monoisotopic (exact) mass is 389 g/mol. The minimum absolute atomic E-state index is 0.122. The van der Waals surface area contributed by atoms with Crippen molar-refractivity contribution in [2.24, 2.45) is 5.92 Å². The number of carbonyl (C=O) groups excluding carboxylic acids is 1. The molecule has 0 saturated heterocycles. The molecule has 0 bridgehead atoms. The van der Waals surface area contributed by atoms with Crippen LogP contribution in [-0.4, -0.2) is 43.8 Å². The molecule has 0 aliphatic carbocycles. The van der Waals surface area contributed by atoms with Crippen LogP contribution in [0.3, 0.4) is 0 Å². The van der Waals surface area contributed by atoms with Crippen molar-refractivity contribution in [3.05, 3.63) is 59.9 Å². The lowest BCUT2D eigenvalue weighted by Crippen LogP contribution is -2.30. The van der Waals surface area contributed by atoms with E-state index in [4.69, 9.17) is 0 Å². The van der Waals surface area contributed by atoms with Gasteiger partial charge in [-0.1, -0.05) is 19.9 Å². The molecule has 1 aromatic heterocycles. The first-order valence-corrected chi connectivity index (χ1v) is 10.5. The van der Waals surface area contributed by atoms with Crippen LogP contribution in [0.2, 0.25) is 0 Å². The van der Waals surface area contributed by atoms with Crippen LogP contribution in [-0.2, 0) is 16.4 Å². The number of benzene rings is 1. The van der Waals surface area contributed by atoms with E-state index in [-0.39, 0.29) is 10.8 Å². The third-order valence-electron chi connectivity index (χ3n) is 4.28. The topological polar surface area (TPSA) is 79.4 Å². The number of rotatable bonds is 9. The molecule has 7 heteroatoms. The third-order valence-corrected chi connectivity index (χ3v) is 6.13. The number of hydrogen-bond acceptors (Lipinski definition) is 4. The third kappa shape index (κ3) is 6.15. The van der Waals surface area contributed by atoms with E-state index in [0.717, 1.165) is 12.0 Å². The molecule has 0 spiro atoms. The Labute approximate surface area is 161 Å². The summed E-state index contributed by atoms with van der Waals surface area (Å²) in [5.74, 6) is 0.234. The summed E-state index contributed by atoms with van der Waals surface area (Å²) in [7, 11) is -2.11. The Bertz CT molecular complexity index is 852.